The second-order valence-corrected chi connectivity index (χ2v) is 5.05. The van der Waals surface area contributed by atoms with Gasteiger partial charge in [0.15, 0.2) is 6.10 Å². The van der Waals surface area contributed by atoms with Crippen LogP contribution in [0, 0.1) is 5.92 Å². The standard InChI is InChI=1S/C12H21NO3/c1-9(2)7-13(10-3-4-10)12(14)11-8-15-5-6-16-11/h9-11H,3-8H2,1-2H3/t11-/m1/s1. The smallest absolute Gasteiger partial charge is 0.254 e. The zero-order chi connectivity index (χ0) is 11.5. The summed E-state index contributed by atoms with van der Waals surface area (Å²) in [6.45, 7) is 6.68. The molecule has 0 aromatic rings. The van der Waals surface area contributed by atoms with Gasteiger partial charge >= 0.3 is 0 Å². The highest BCUT2D eigenvalue weighted by Gasteiger charge is 2.37. The number of amides is 1. The summed E-state index contributed by atoms with van der Waals surface area (Å²) in [6.07, 6.45) is 1.92. The summed E-state index contributed by atoms with van der Waals surface area (Å²) >= 11 is 0. The van der Waals surface area contributed by atoms with Gasteiger partial charge in [-0.2, -0.15) is 0 Å². The molecule has 1 saturated heterocycles. The SMILES string of the molecule is CC(C)CN(C(=O)[C@H]1COCCO1)C1CC1. The molecule has 2 aliphatic rings. The van der Waals surface area contributed by atoms with E-state index in [9.17, 15) is 4.79 Å². The Labute approximate surface area is 96.9 Å². The van der Waals surface area contributed by atoms with E-state index < -0.39 is 0 Å². The van der Waals surface area contributed by atoms with Gasteiger partial charge in [-0.1, -0.05) is 13.8 Å². The third-order valence-corrected chi connectivity index (χ3v) is 2.92. The van der Waals surface area contributed by atoms with E-state index in [1.807, 2.05) is 4.90 Å². The van der Waals surface area contributed by atoms with Crippen LogP contribution in [0.5, 0.6) is 0 Å². The number of rotatable bonds is 4. The molecule has 16 heavy (non-hydrogen) atoms. The van der Waals surface area contributed by atoms with Crippen molar-refractivity contribution in [1.29, 1.82) is 0 Å². The first-order chi connectivity index (χ1) is 7.68. The van der Waals surface area contributed by atoms with E-state index in [1.54, 1.807) is 0 Å². The van der Waals surface area contributed by atoms with Crippen molar-refractivity contribution in [1.82, 2.24) is 4.90 Å². The highest BCUT2D eigenvalue weighted by atomic mass is 16.6. The summed E-state index contributed by atoms with van der Waals surface area (Å²) in [7, 11) is 0. The Morgan fingerprint density at radius 3 is 2.62 bits per heavy atom. The number of ether oxygens (including phenoxy) is 2. The lowest BCUT2D eigenvalue weighted by molar-refractivity contribution is -0.159. The van der Waals surface area contributed by atoms with E-state index in [0.717, 1.165) is 19.4 Å². The van der Waals surface area contributed by atoms with Crippen LogP contribution in [0.2, 0.25) is 0 Å². The summed E-state index contributed by atoms with van der Waals surface area (Å²) in [5.74, 6) is 0.630. The Morgan fingerprint density at radius 1 is 1.38 bits per heavy atom. The molecular formula is C12H21NO3. The van der Waals surface area contributed by atoms with Gasteiger partial charge in [-0.3, -0.25) is 4.79 Å². The molecule has 0 aromatic carbocycles. The summed E-state index contributed by atoms with van der Waals surface area (Å²) < 4.78 is 10.8. The van der Waals surface area contributed by atoms with Gasteiger partial charge in [0, 0.05) is 12.6 Å². The molecular weight excluding hydrogens is 206 g/mol. The molecule has 1 saturated carbocycles. The Morgan fingerprint density at radius 2 is 2.12 bits per heavy atom. The first-order valence-electron chi connectivity index (χ1n) is 6.18. The lowest BCUT2D eigenvalue weighted by atomic mass is 10.2. The Bertz CT molecular complexity index is 245. The van der Waals surface area contributed by atoms with Crippen LogP contribution in [0.15, 0.2) is 0 Å². The maximum Gasteiger partial charge on any atom is 0.254 e. The van der Waals surface area contributed by atoms with Crippen molar-refractivity contribution in [3.05, 3.63) is 0 Å². The van der Waals surface area contributed by atoms with Crippen molar-refractivity contribution >= 4 is 5.91 Å². The van der Waals surface area contributed by atoms with Crippen molar-refractivity contribution in [3.63, 3.8) is 0 Å². The molecule has 0 radical (unpaired) electrons. The quantitative estimate of drug-likeness (QED) is 0.720. The van der Waals surface area contributed by atoms with Crippen LogP contribution in [-0.4, -0.2) is 49.3 Å². The van der Waals surface area contributed by atoms with E-state index in [-0.39, 0.29) is 12.0 Å². The Balaban J connectivity index is 1.92. The molecule has 4 heteroatoms. The zero-order valence-electron chi connectivity index (χ0n) is 10.1. The summed E-state index contributed by atoms with van der Waals surface area (Å²) in [5, 5.41) is 0. The van der Waals surface area contributed by atoms with Crippen molar-refractivity contribution in [2.45, 2.75) is 38.8 Å². The maximum atomic E-state index is 12.2. The lowest BCUT2D eigenvalue weighted by Crippen LogP contribution is -2.47. The van der Waals surface area contributed by atoms with Crippen molar-refractivity contribution in [2.24, 2.45) is 5.92 Å². The second kappa shape index (κ2) is 5.15. The highest BCUT2D eigenvalue weighted by molar-refractivity contribution is 5.81. The van der Waals surface area contributed by atoms with E-state index >= 15 is 0 Å². The highest BCUT2D eigenvalue weighted by Crippen LogP contribution is 2.28. The molecule has 1 heterocycles. The lowest BCUT2D eigenvalue weighted by Gasteiger charge is -2.30. The predicted octanol–water partition coefficient (Wildman–Crippen LogP) is 1.05. The van der Waals surface area contributed by atoms with E-state index in [4.69, 9.17) is 9.47 Å². The molecule has 0 aromatic heterocycles. The van der Waals surface area contributed by atoms with Gasteiger partial charge in [0.1, 0.15) is 0 Å². The summed E-state index contributed by atoms with van der Waals surface area (Å²) in [5.41, 5.74) is 0. The van der Waals surface area contributed by atoms with Gasteiger partial charge in [-0.05, 0) is 18.8 Å². The van der Waals surface area contributed by atoms with Gasteiger partial charge in [-0.25, -0.2) is 0 Å². The molecule has 2 rings (SSSR count). The Hall–Kier alpha value is -0.610. The van der Waals surface area contributed by atoms with Crippen molar-refractivity contribution in [2.75, 3.05) is 26.4 Å². The fourth-order valence-electron chi connectivity index (χ4n) is 2.01. The van der Waals surface area contributed by atoms with Crippen LogP contribution in [0.25, 0.3) is 0 Å². The first-order valence-corrected chi connectivity index (χ1v) is 6.18. The van der Waals surface area contributed by atoms with Crippen LogP contribution in [0.3, 0.4) is 0 Å². The Kier molecular flexibility index (Phi) is 3.82. The van der Waals surface area contributed by atoms with Gasteiger partial charge in [0.2, 0.25) is 0 Å². The van der Waals surface area contributed by atoms with E-state index in [2.05, 4.69) is 13.8 Å². The van der Waals surface area contributed by atoms with Crippen LogP contribution in [0.1, 0.15) is 26.7 Å². The molecule has 2 fully saturated rings. The molecule has 1 aliphatic heterocycles. The van der Waals surface area contributed by atoms with Crippen molar-refractivity contribution < 1.29 is 14.3 Å². The van der Waals surface area contributed by atoms with Gasteiger partial charge in [-0.15, -0.1) is 0 Å². The molecule has 1 atom stereocenters. The minimum atomic E-state index is -0.368. The number of hydrogen-bond acceptors (Lipinski definition) is 3. The largest absolute Gasteiger partial charge is 0.376 e. The number of carbonyl (C=O) groups excluding carboxylic acids is 1. The van der Waals surface area contributed by atoms with Crippen LogP contribution >= 0.6 is 0 Å². The summed E-state index contributed by atoms with van der Waals surface area (Å²) in [6, 6.07) is 0.459. The molecule has 0 bridgehead atoms. The second-order valence-electron chi connectivity index (χ2n) is 5.05. The van der Waals surface area contributed by atoms with Gasteiger partial charge < -0.3 is 14.4 Å². The number of nitrogens with zero attached hydrogens (tertiary/aromatic N) is 1. The predicted molar refractivity (Wildman–Crippen MR) is 60.1 cm³/mol. The number of carbonyl (C=O) groups is 1. The average molecular weight is 227 g/mol. The van der Waals surface area contributed by atoms with Crippen LogP contribution in [-0.2, 0) is 14.3 Å². The molecule has 0 N–H and O–H groups in total. The molecule has 1 amide bonds. The fraction of sp³-hybridized carbons (Fsp3) is 0.917. The van der Waals surface area contributed by atoms with Gasteiger partial charge in [0.25, 0.3) is 5.91 Å². The van der Waals surface area contributed by atoms with E-state index in [0.29, 0.717) is 31.8 Å². The third kappa shape index (κ3) is 2.95. The topological polar surface area (TPSA) is 38.8 Å². The fourth-order valence-corrected chi connectivity index (χ4v) is 2.01. The molecule has 4 nitrogen and oxygen atoms in total. The van der Waals surface area contributed by atoms with Crippen LogP contribution in [0.4, 0.5) is 0 Å². The van der Waals surface area contributed by atoms with Crippen LogP contribution < -0.4 is 0 Å². The molecule has 0 unspecified atom stereocenters. The normalized spacial score (nSPS) is 25.8. The molecule has 1 aliphatic carbocycles. The van der Waals surface area contributed by atoms with E-state index in [1.165, 1.54) is 0 Å². The average Bonchev–Trinajstić information content (AvgIpc) is 3.10. The zero-order valence-corrected chi connectivity index (χ0v) is 10.1. The third-order valence-electron chi connectivity index (χ3n) is 2.92. The maximum absolute atomic E-state index is 12.2. The minimum absolute atomic E-state index is 0.121. The van der Waals surface area contributed by atoms with Crippen molar-refractivity contribution in [3.8, 4) is 0 Å². The minimum Gasteiger partial charge on any atom is -0.376 e. The number of hydrogen-bond donors (Lipinski definition) is 0. The summed E-state index contributed by atoms with van der Waals surface area (Å²) in [4.78, 5) is 14.2. The first kappa shape index (κ1) is 11.9. The molecule has 92 valence electrons. The molecule has 0 spiro atoms. The van der Waals surface area contributed by atoms with Gasteiger partial charge in [0.05, 0.1) is 19.8 Å². The monoisotopic (exact) mass is 227 g/mol.